The zero-order valence-electron chi connectivity index (χ0n) is 9.26. The first-order chi connectivity index (χ1) is 7.60. The van der Waals surface area contributed by atoms with E-state index in [0.29, 0.717) is 19.4 Å². The van der Waals surface area contributed by atoms with Gasteiger partial charge in [-0.1, -0.05) is 0 Å². The smallest absolute Gasteiger partial charge is 0.332 e. The number of amides is 1. The standard InChI is InChI=1S/C10H17NO5/c1-2-11(5-6-12)9(13)7-3-4-8(16-7)10(14)15/h7-8,12H,2-6H2,1H3,(H,14,15)/t7-,8+/m0/s1. The summed E-state index contributed by atoms with van der Waals surface area (Å²) in [4.78, 5) is 23.9. The fourth-order valence-electron chi connectivity index (χ4n) is 1.75. The lowest BCUT2D eigenvalue weighted by Crippen LogP contribution is -2.41. The number of nitrogens with zero attached hydrogens (tertiary/aromatic N) is 1. The van der Waals surface area contributed by atoms with Crippen LogP contribution >= 0.6 is 0 Å². The Balaban J connectivity index is 2.52. The van der Waals surface area contributed by atoms with E-state index in [1.807, 2.05) is 0 Å². The van der Waals surface area contributed by atoms with Crippen molar-refractivity contribution in [3.63, 3.8) is 0 Å². The van der Waals surface area contributed by atoms with E-state index in [1.54, 1.807) is 6.92 Å². The van der Waals surface area contributed by atoms with Crippen LogP contribution in [0.3, 0.4) is 0 Å². The Morgan fingerprint density at radius 2 is 2.00 bits per heavy atom. The van der Waals surface area contributed by atoms with Crippen LogP contribution in [0.5, 0.6) is 0 Å². The summed E-state index contributed by atoms with van der Waals surface area (Å²) in [5.74, 6) is -1.26. The lowest BCUT2D eigenvalue weighted by atomic mass is 10.2. The van der Waals surface area contributed by atoms with Crippen molar-refractivity contribution in [1.82, 2.24) is 4.90 Å². The molecule has 0 aromatic carbocycles. The molecule has 1 fully saturated rings. The molecule has 0 aliphatic carbocycles. The summed E-state index contributed by atoms with van der Waals surface area (Å²) in [5, 5.41) is 17.5. The molecule has 0 unspecified atom stereocenters. The quantitative estimate of drug-likeness (QED) is 0.663. The van der Waals surface area contributed by atoms with E-state index < -0.39 is 18.2 Å². The predicted molar refractivity (Wildman–Crippen MR) is 54.9 cm³/mol. The van der Waals surface area contributed by atoms with Gasteiger partial charge in [-0.05, 0) is 19.8 Å². The maximum absolute atomic E-state index is 11.8. The molecule has 0 radical (unpaired) electrons. The zero-order valence-corrected chi connectivity index (χ0v) is 9.26. The minimum atomic E-state index is -1.03. The molecule has 2 atom stereocenters. The molecule has 1 saturated heterocycles. The molecular formula is C10H17NO5. The van der Waals surface area contributed by atoms with Crippen LogP contribution in [0, 0.1) is 0 Å². The first-order valence-corrected chi connectivity index (χ1v) is 5.38. The average Bonchev–Trinajstić information content (AvgIpc) is 2.74. The summed E-state index contributed by atoms with van der Waals surface area (Å²) in [7, 11) is 0. The van der Waals surface area contributed by atoms with Crippen molar-refractivity contribution in [3.8, 4) is 0 Å². The Morgan fingerprint density at radius 1 is 1.38 bits per heavy atom. The molecule has 1 aliphatic rings. The first kappa shape index (κ1) is 12.9. The second-order valence-electron chi connectivity index (χ2n) is 3.67. The third kappa shape index (κ3) is 2.93. The Labute approximate surface area is 93.8 Å². The van der Waals surface area contributed by atoms with Crippen LogP contribution in [0.4, 0.5) is 0 Å². The summed E-state index contributed by atoms with van der Waals surface area (Å²) < 4.78 is 5.14. The van der Waals surface area contributed by atoms with Crippen LogP contribution in [0.25, 0.3) is 0 Å². The highest BCUT2D eigenvalue weighted by Crippen LogP contribution is 2.21. The molecule has 92 valence electrons. The number of ether oxygens (including phenoxy) is 1. The van der Waals surface area contributed by atoms with Crippen LogP contribution in [-0.2, 0) is 14.3 Å². The van der Waals surface area contributed by atoms with Gasteiger partial charge in [0, 0.05) is 13.1 Å². The van der Waals surface area contributed by atoms with Crippen LogP contribution in [0.15, 0.2) is 0 Å². The molecule has 6 nitrogen and oxygen atoms in total. The van der Waals surface area contributed by atoms with Crippen molar-refractivity contribution in [2.45, 2.75) is 32.0 Å². The predicted octanol–water partition coefficient (Wildman–Crippen LogP) is -0.541. The van der Waals surface area contributed by atoms with E-state index in [-0.39, 0.29) is 19.1 Å². The highest BCUT2D eigenvalue weighted by Gasteiger charge is 2.36. The van der Waals surface area contributed by atoms with Crippen molar-refractivity contribution < 1.29 is 24.5 Å². The van der Waals surface area contributed by atoms with Crippen molar-refractivity contribution in [1.29, 1.82) is 0 Å². The number of carboxylic acid groups (broad SMARTS) is 1. The molecule has 0 spiro atoms. The summed E-state index contributed by atoms with van der Waals surface area (Å²) in [5.41, 5.74) is 0. The minimum absolute atomic E-state index is 0.103. The van der Waals surface area contributed by atoms with Gasteiger partial charge in [0.2, 0.25) is 0 Å². The first-order valence-electron chi connectivity index (χ1n) is 5.38. The van der Waals surface area contributed by atoms with Gasteiger partial charge in [0.05, 0.1) is 6.61 Å². The van der Waals surface area contributed by atoms with Gasteiger partial charge in [-0.25, -0.2) is 4.79 Å². The maximum atomic E-state index is 11.8. The van der Waals surface area contributed by atoms with Gasteiger partial charge < -0.3 is 19.8 Å². The Hall–Kier alpha value is -1.14. The maximum Gasteiger partial charge on any atom is 0.332 e. The van der Waals surface area contributed by atoms with E-state index in [0.717, 1.165) is 0 Å². The van der Waals surface area contributed by atoms with E-state index in [2.05, 4.69) is 0 Å². The largest absolute Gasteiger partial charge is 0.479 e. The molecule has 1 amide bonds. The van der Waals surface area contributed by atoms with Gasteiger partial charge >= 0.3 is 5.97 Å². The van der Waals surface area contributed by atoms with Gasteiger partial charge in [0.1, 0.15) is 6.10 Å². The third-order valence-electron chi connectivity index (χ3n) is 2.63. The van der Waals surface area contributed by atoms with E-state index >= 15 is 0 Å². The number of carbonyl (C=O) groups excluding carboxylic acids is 1. The monoisotopic (exact) mass is 231 g/mol. The van der Waals surface area contributed by atoms with Crippen molar-refractivity contribution in [3.05, 3.63) is 0 Å². The van der Waals surface area contributed by atoms with Gasteiger partial charge in [-0.2, -0.15) is 0 Å². The number of hydrogen-bond acceptors (Lipinski definition) is 4. The van der Waals surface area contributed by atoms with Crippen LogP contribution in [0.2, 0.25) is 0 Å². The molecule has 1 aliphatic heterocycles. The minimum Gasteiger partial charge on any atom is -0.479 e. The Kier molecular flexibility index (Phi) is 4.70. The molecule has 2 N–H and O–H groups in total. The molecule has 0 bridgehead atoms. The summed E-state index contributed by atoms with van der Waals surface area (Å²) in [6.07, 6.45) is -0.755. The fourth-order valence-corrected chi connectivity index (χ4v) is 1.75. The van der Waals surface area contributed by atoms with E-state index in [1.165, 1.54) is 4.90 Å². The van der Waals surface area contributed by atoms with Gasteiger partial charge in [-0.3, -0.25) is 4.79 Å². The van der Waals surface area contributed by atoms with E-state index in [4.69, 9.17) is 14.9 Å². The van der Waals surface area contributed by atoms with Gasteiger partial charge in [-0.15, -0.1) is 0 Å². The second-order valence-corrected chi connectivity index (χ2v) is 3.67. The summed E-state index contributed by atoms with van der Waals surface area (Å²) in [6.45, 7) is 2.44. The topological polar surface area (TPSA) is 87.1 Å². The highest BCUT2D eigenvalue weighted by molar-refractivity contribution is 5.82. The van der Waals surface area contributed by atoms with Crippen molar-refractivity contribution in [2.75, 3.05) is 19.7 Å². The van der Waals surface area contributed by atoms with E-state index in [9.17, 15) is 9.59 Å². The molecule has 1 rings (SSSR count). The number of hydrogen-bond donors (Lipinski definition) is 2. The number of carboxylic acids is 1. The van der Waals surface area contributed by atoms with Crippen LogP contribution in [0.1, 0.15) is 19.8 Å². The highest BCUT2D eigenvalue weighted by atomic mass is 16.5. The second kappa shape index (κ2) is 5.81. The number of carbonyl (C=O) groups is 2. The zero-order chi connectivity index (χ0) is 12.1. The fraction of sp³-hybridized carbons (Fsp3) is 0.800. The van der Waals surface area contributed by atoms with Crippen molar-refractivity contribution >= 4 is 11.9 Å². The Morgan fingerprint density at radius 3 is 2.44 bits per heavy atom. The lowest BCUT2D eigenvalue weighted by Gasteiger charge is -2.23. The number of aliphatic hydroxyl groups is 1. The lowest BCUT2D eigenvalue weighted by molar-refractivity contribution is -0.154. The normalized spacial score (nSPS) is 24.4. The molecule has 16 heavy (non-hydrogen) atoms. The number of aliphatic hydroxyl groups excluding tert-OH is 1. The van der Waals surface area contributed by atoms with Crippen LogP contribution < -0.4 is 0 Å². The SMILES string of the molecule is CCN(CCO)C(=O)[C@@H]1CC[C@H](C(=O)O)O1. The average molecular weight is 231 g/mol. The Bertz CT molecular complexity index is 268. The van der Waals surface area contributed by atoms with Crippen LogP contribution in [-0.4, -0.2) is 58.9 Å². The third-order valence-corrected chi connectivity index (χ3v) is 2.63. The van der Waals surface area contributed by atoms with Gasteiger partial charge in [0.25, 0.3) is 5.91 Å². The molecule has 0 saturated carbocycles. The molecule has 1 heterocycles. The number of likely N-dealkylation sites (N-methyl/N-ethyl adjacent to an activating group) is 1. The molecule has 0 aromatic rings. The number of aliphatic carboxylic acids is 1. The molecule has 0 aromatic heterocycles. The number of rotatable bonds is 5. The van der Waals surface area contributed by atoms with Crippen molar-refractivity contribution in [2.24, 2.45) is 0 Å². The summed E-state index contributed by atoms with van der Waals surface area (Å²) in [6, 6.07) is 0. The summed E-state index contributed by atoms with van der Waals surface area (Å²) >= 11 is 0. The molecule has 6 heteroatoms. The molecular weight excluding hydrogens is 214 g/mol. The van der Waals surface area contributed by atoms with Gasteiger partial charge in [0.15, 0.2) is 6.10 Å².